The van der Waals surface area contributed by atoms with E-state index in [1.165, 1.54) is 19.3 Å². The van der Waals surface area contributed by atoms with Crippen LogP contribution >= 0.6 is 0 Å². The van der Waals surface area contributed by atoms with Gasteiger partial charge in [-0.3, -0.25) is 9.59 Å². The van der Waals surface area contributed by atoms with Gasteiger partial charge in [-0.25, -0.2) is 9.97 Å². The van der Waals surface area contributed by atoms with Gasteiger partial charge in [0.15, 0.2) is 0 Å². The fraction of sp³-hybridized carbons (Fsp3) is 0.182. The third kappa shape index (κ3) is 5.16. The number of amides is 2. The summed E-state index contributed by atoms with van der Waals surface area (Å²) in [6.45, 7) is 6.21. The molecule has 7 nitrogen and oxygen atoms in total. The van der Waals surface area contributed by atoms with Crippen LogP contribution in [-0.2, 0) is 4.79 Å². The van der Waals surface area contributed by atoms with Crippen molar-refractivity contribution in [3.63, 3.8) is 0 Å². The van der Waals surface area contributed by atoms with E-state index in [-0.39, 0.29) is 11.8 Å². The molecule has 0 radical (unpaired) electrons. The Hall–Kier alpha value is -3.74. The van der Waals surface area contributed by atoms with Crippen LogP contribution in [0.15, 0.2) is 60.9 Å². The zero-order valence-electron chi connectivity index (χ0n) is 16.6. The van der Waals surface area contributed by atoms with Gasteiger partial charge < -0.3 is 15.5 Å². The monoisotopic (exact) mass is 389 g/mol. The zero-order valence-corrected chi connectivity index (χ0v) is 16.6. The van der Waals surface area contributed by atoms with Gasteiger partial charge in [-0.05, 0) is 55.8 Å². The molecule has 29 heavy (non-hydrogen) atoms. The van der Waals surface area contributed by atoms with Crippen molar-refractivity contribution in [1.29, 1.82) is 0 Å². The first-order valence-electron chi connectivity index (χ1n) is 9.31. The van der Waals surface area contributed by atoms with Crippen LogP contribution in [0.25, 0.3) is 0 Å². The number of aromatic nitrogens is 2. The molecule has 3 rings (SSSR count). The molecular weight excluding hydrogens is 366 g/mol. The number of hydrogen-bond acceptors (Lipinski definition) is 5. The maximum atomic E-state index is 12.5. The summed E-state index contributed by atoms with van der Waals surface area (Å²) in [5.41, 5.74) is 3.80. The van der Waals surface area contributed by atoms with Crippen LogP contribution in [0.5, 0.6) is 0 Å². The molecule has 0 saturated heterocycles. The van der Waals surface area contributed by atoms with Crippen molar-refractivity contribution in [2.45, 2.75) is 20.8 Å². The Bertz CT molecular complexity index is 1000. The minimum absolute atomic E-state index is 0.147. The fourth-order valence-electron chi connectivity index (χ4n) is 2.86. The van der Waals surface area contributed by atoms with Crippen LogP contribution in [-0.4, -0.2) is 28.3 Å². The smallest absolute Gasteiger partial charge is 0.258 e. The summed E-state index contributed by atoms with van der Waals surface area (Å²) in [6, 6.07) is 15.0. The SMILES string of the molecule is CCN(c1cccc(C)c1)c1ncc(C(=O)Nc2ccc(NC(C)=O)cc2)cn1. The molecule has 0 atom stereocenters. The van der Waals surface area contributed by atoms with Crippen LogP contribution in [0.4, 0.5) is 23.0 Å². The highest BCUT2D eigenvalue weighted by atomic mass is 16.2. The molecule has 0 spiro atoms. The second-order valence-corrected chi connectivity index (χ2v) is 6.57. The lowest BCUT2D eigenvalue weighted by atomic mass is 10.2. The van der Waals surface area contributed by atoms with Gasteiger partial charge in [-0.2, -0.15) is 0 Å². The van der Waals surface area contributed by atoms with Gasteiger partial charge in [0.05, 0.1) is 5.56 Å². The molecule has 0 saturated carbocycles. The van der Waals surface area contributed by atoms with Crippen molar-refractivity contribution in [3.05, 3.63) is 72.1 Å². The summed E-state index contributed by atoms with van der Waals surface area (Å²) in [5.74, 6) is 0.0857. The largest absolute Gasteiger partial charge is 0.326 e. The minimum atomic E-state index is -0.303. The topological polar surface area (TPSA) is 87.2 Å². The number of carbonyl (C=O) groups is 2. The molecule has 148 valence electrons. The van der Waals surface area contributed by atoms with E-state index in [4.69, 9.17) is 0 Å². The Kier molecular flexibility index (Phi) is 6.19. The number of nitrogens with zero attached hydrogens (tertiary/aromatic N) is 3. The number of carbonyl (C=O) groups excluding carboxylic acids is 2. The van der Waals surface area contributed by atoms with E-state index >= 15 is 0 Å². The van der Waals surface area contributed by atoms with E-state index in [1.54, 1.807) is 24.3 Å². The predicted octanol–water partition coefficient (Wildman–Crippen LogP) is 4.15. The lowest BCUT2D eigenvalue weighted by Gasteiger charge is -2.21. The number of hydrogen-bond donors (Lipinski definition) is 2. The Morgan fingerprint density at radius 1 is 0.966 bits per heavy atom. The van der Waals surface area contributed by atoms with Crippen molar-refractivity contribution in [2.75, 3.05) is 22.1 Å². The first-order valence-corrected chi connectivity index (χ1v) is 9.31. The normalized spacial score (nSPS) is 10.3. The van der Waals surface area contributed by atoms with E-state index in [9.17, 15) is 9.59 Å². The van der Waals surface area contributed by atoms with Gasteiger partial charge in [-0.15, -0.1) is 0 Å². The molecule has 0 aliphatic heterocycles. The highest BCUT2D eigenvalue weighted by Crippen LogP contribution is 2.22. The maximum Gasteiger partial charge on any atom is 0.258 e. The van der Waals surface area contributed by atoms with Crippen LogP contribution in [0.3, 0.4) is 0 Å². The molecule has 1 heterocycles. The molecular formula is C22H23N5O2. The Morgan fingerprint density at radius 3 is 2.14 bits per heavy atom. The average molecular weight is 389 g/mol. The van der Waals surface area contributed by atoms with Crippen LogP contribution in [0.2, 0.25) is 0 Å². The first kappa shape index (κ1) is 20.0. The second-order valence-electron chi connectivity index (χ2n) is 6.57. The Labute approximate surface area is 169 Å². The fourth-order valence-corrected chi connectivity index (χ4v) is 2.86. The van der Waals surface area contributed by atoms with E-state index in [1.807, 2.05) is 36.9 Å². The maximum absolute atomic E-state index is 12.5. The van der Waals surface area contributed by atoms with Gasteiger partial charge in [0, 0.05) is 42.9 Å². The summed E-state index contributed by atoms with van der Waals surface area (Å²) in [5, 5.41) is 5.48. The quantitative estimate of drug-likeness (QED) is 0.661. The molecule has 3 aromatic rings. The van der Waals surface area contributed by atoms with E-state index in [2.05, 4.69) is 26.7 Å². The van der Waals surface area contributed by atoms with Crippen molar-refractivity contribution in [2.24, 2.45) is 0 Å². The van der Waals surface area contributed by atoms with Crippen LogP contribution in [0, 0.1) is 6.92 Å². The number of aryl methyl sites for hydroxylation is 1. The average Bonchev–Trinajstić information content (AvgIpc) is 2.70. The van der Waals surface area contributed by atoms with Crippen LogP contribution in [0.1, 0.15) is 29.8 Å². The molecule has 2 amide bonds. The van der Waals surface area contributed by atoms with Gasteiger partial charge in [0.2, 0.25) is 11.9 Å². The standard InChI is InChI=1S/C22H23N5O2/c1-4-27(20-7-5-6-15(2)12-20)22-23-13-17(14-24-22)21(29)26-19-10-8-18(9-11-19)25-16(3)28/h5-14H,4H2,1-3H3,(H,25,28)(H,26,29). The van der Waals surface area contributed by atoms with Gasteiger partial charge >= 0.3 is 0 Å². The summed E-state index contributed by atoms with van der Waals surface area (Å²) in [6.07, 6.45) is 3.03. The Morgan fingerprint density at radius 2 is 1.59 bits per heavy atom. The number of rotatable bonds is 6. The van der Waals surface area contributed by atoms with Gasteiger partial charge in [0.25, 0.3) is 5.91 Å². The molecule has 0 aliphatic carbocycles. The van der Waals surface area contributed by atoms with E-state index in [0.717, 1.165) is 11.3 Å². The molecule has 1 aromatic heterocycles. The summed E-state index contributed by atoms with van der Waals surface area (Å²) in [4.78, 5) is 34.3. The molecule has 0 bridgehead atoms. The highest BCUT2D eigenvalue weighted by Gasteiger charge is 2.13. The Balaban J connectivity index is 1.70. The third-order valence-corrected chi connectivity index (χ3v) is 4.23. The second kappa shape index (κ2) is 8.97. The third-order valence-electron chi connectivity index (χ3n) is 4.23. The molecule has 2 aromatic carbocycles. The molecule has 0 unspecified atom stereocenters. The summed E-state index contributed by atoms with van der Waals surface area (Å²) in [7, 11) is 0. The van der Waals surface area contributed by atoms with E-state index in [0.29, 0.717) is 29.4 Å². The first-order chi connectivity index (χ1) is 14.0. The van der Waals surface area contributed by atoms with Crippen molar-refractivity contribution >= 4 is 34.8 Å². The lowest BCUT2D eigenvalue weighted by molar-refractivity contribution is -0.114. The molecule has 0 fully saturated rings. The van der Waals surface area contributed by atoms with Gasteiger partial charge in [-0.1, -0.05) is 12.1 Å². The number of benzene rings is 2. The predicted molar refractivity (Wildman–Crippen MR) is 115 cm³/mol. The van der Waals surface area contributed by atoms with Gasteiger partial charge in [0.1, 0.15) is 0 Å². The highest BCUT2D eigenvalue weighted by molar-refractivity contribution is 6.04. The number of anilines is 4. The van der Waals surface area contributed by atoms with Crippen molar-refractivity contribution in [3.8, 4) is 0 Å². The minimum Gasteiger partial charge on any atom is -0.326 e. The molecule has 0 aliphatic rings. The van der Waals surface area contributed by atoms with E-state index < -0.39 is 0 Å². The molecule has 2 N–H and O–H groups in total. The van der Waals surface area contributed by atoms with Crippen molar-refractivity contribution in [1.82, 2.24) is 9.97 Å². The zero-order chi connectivity index (χ0) is 20.8. The molecule has 7 heteroatoms. The van der Waals surface area contributed by atoms with Crippen LogP contribution < -0.4 is 15.5 Å². The summed E-state index contributed by atoms with van der Waals surface area (Å²) < 4.78 is 0. The number of nitrogens with one attached hydrogen (secondary N) is 2. The summed E-state index contributed by atoms with van der Waals surface area (Å²) >= 11 is 0. The lowest BCUT2D eigenvalue weighted by Crippen LogP contribution is -2.20. The van der Waals surface area contributed by atoms with Crippen molar-refractivity contribution < 1.29 is 9.59 Å².